The van der Waals surface area contributed by atoms with E-state index in [0.29, 0.717) is 18.3 Å². The van der Waals surface area contributed by atoms with Gasteiger partial charge in [0, 0.05) is 17.5 Å². The molecule has 0 amide bonds. The first-order valence-electron chi connectivity index (χ1n) is 9.72. The summed E-state index contributed by atoms with van der Waals surface area (Å²) >= 11 is 0. The summed E-state index contributed by atoms with van der Waals surface area (Å²) in [6, 6.07) is 2.30. The number of methoxy groups -OCH3 is 2. The minimum absolute atomic E-state index is 0.188. The van der Waals surface area contributed by atoms with Gasteiger partial charge in [0.25, 0.3) is 0 Å². The van der Waals surface area contributed by atoms with E-state index in [1.807, 2.05) is 0 Å². The molecule has 2 aliphatic carbocycles. The van der Waals surface area contributed by atoms with Crippen molar-refractivity contribution in [2.75, 3.05) is 14.2 Å². The predicted molar refractivity (Wildman–Crippen MR) is 102 cm³/mol. The maximum absolute atomic E-state index is 11.6. The van der Waals surface area contributed by atoms with Crippen LogP contribution in [0.15, 0.2) is 6.07 Å². The zero-order valence-electron chi connectivity index (χ0n) is 16.7. The van der Waals surface area contributed by atoms with Gasteiger partial charge in [0.15, 0.2) is 11.5 Å². The fourth-order valence-corrected chi connectivity index (χ4v) is 5.43. The summed E-state index contributed by atoms with van der Waals surface area (Å²) < 4.78 is 11.6. The third-order valence-corrected chi connectivity index (χ3v) is 6.70. The van der Waals surface area contributed by atoms with Gasteiger partial charge >= 0.3 is 0 Å². The Kier molecular flexibility index (Phi) is 4.83. The van der Waals surface area contributed by atoms with Gasteiger partial charge < -0.3 is 14.6 Å². The Balaban J connectivity index is 2.14. The summed E-state index contributed by atoms with van der Waals surface area (Å²) in [5, 5.41) is 11.6. The van der Waals surface area contributed by atoms with Crippen LogP contribution in [0.3, 0.4) is 0 Å². The lowest BCUT2D eigenvalue weighted by molar-refractivity contribution is -0.102. The Bertz CT molecular complexity index is 647. The Morgan fingerprint density at radius 3 is 2.40 bits per heavy atom. The van der Waals surface area contributed by atoms with Crippen molar-refractivity contribution >= 4 is 0 Å². The molecule has 0 spiro atoms. The van der Waals surface area contributed by atoms with Crippen LogP contribution in [0.5, 0.6) is 11.5 Å². The number of benzene rings is 1. The molecule has 3 heteroatoms. The monoisotopic (exact) mass is 346 g/mol. The lowest BCUT2D eigenvalue weighted by Gasteiger charge is -2.49. The largest absolute Gasteiger partial charge is 0.493 e. The van der Waals surface area contributed by atoms with Gasteiger partial charge in [0.05, 0.1) is 19.8 Å². The van der Waals surface area contributed by atoms with Crippen molar-refractivity contribution in [3.63, 3.8) is 0 Å². The molecule has 140 valence electrons. The van der Waals surface area contributed by atoms with E-state index in [0.717, 1.165) is 42.7 Å². The number of rotatable bonds is 3. The average Bonchev–Trinajstić information content (AvgIpc) is 2.68. The van der Waals surface area contributed by atoms with Crippen LogP contribution in [0.2, 0.25) is 0 Å². The molecule has 0 unspecified atom stereocenters. The number of hydrogen-bond acceptors (Lipinski definition) is 3. The molecule has 1 saturated carbocycles. The normalized spacial score (nSPS) is 28.1. The Hall–Kier alpha value is -1.22. The smallest absolute Gasteiger partial charge is 0.164 e. The summed E-state index contributed by atoms with van der Waals surface area (Å²) in [4.78, 5) is 0. The molecule has 1 aromatic carbocycles. The number of ether oxygens (including phenoxy) is 2. The van der Waals surface area contributed by atoms with Crippen LogP contribution in [0, 0.1) is 11.3 Å². The molecule has 0 radical (unpaired) electrons. The molecule has 3 rings (SSSR count). The van der Waals surface area contributed by atoms with E-state index in [1.165, 1.54) is 17.5 Å². The van der Waals surface area contributed by atoms with Gasteiger partial charge in [-0.2, -0.15) is 0 Å². The van der Waals surface area contributed by atoms with Crippen molar-refractivity contribution in [1.29, 1.82) is 0 Å². The Morgan fingerprint density at radius 1 is 1.12 bits per heavy atom. The van der Waals surface area contributed by atoms with E-state index in [2.05, 4.69) is 33.8 Å². The van der Waals surface area contributed by atoms with Gasteiger partial charge in [-0.05, 0) is 48.5 Å². The maximum atomic E-state index is 11.6. The maximum Gasteiger partial charge on any atom is 0.164 e. The minimum Gasteiger partial charge on any atom is -0.493 e. The summed E-state index contributed by atoms with van der Waals surface area (Å²) in [7, 11) is 3.44. The van der Waals surface area contributed by atoms with Crippen LogP contribution in [0.25, 0.3) is 0 Å². The quantitative estimate of drug-likeness (QED) is 0.848. The molecule has 1 aromatic rings. The summed E-state index contributed by atoms with van der Waals surface area (Å²) in [5.41, 5.74) is 3.25. The molecular formula is C22H34O3. The van der Waals surface area contributed by atoms with Crippen LogP contribution in [-0.2, 0) is 12.8 Å². The Labute approximate surface area is 152 Å². The number of aliphatic hydroxyl groups is 1. The van der Waals surface area contributed by atoms with Crippen LogP contribution in [-0.4, -0.2) is 24.9 Å². The predicted octanol–water partition coefficient (Wildman–Crippen LogP) is 4.87. The number of fused-ring (bicyclic) bond motifs is 2. The molecule has 0 heterocycles. The molecule has 0 aromatic heterocycles. The van der Waals surface area contributed by atoms with Crippen molar-refractivity contribution < 1.29 is 14.6 Å². The summed E-state index contributed by atoms with van der Waals surface area (Å²) in [6.07, 6.45) is 5.91. The SMILES string of the molecule is COc1c(C(C)C)cc2c(c1OC)C[C@@]1(O)CCCC(C)(C)[C@@H]1CC2. The first kappa shape index (κ1) is 18.6. The third kappa shape index (κ3) is 3.05. The topological polar surface area (TPSA) is 38.7 Å². The molecule has 0 aliphatic heterocycles. The van der Waals surface area contributed by atoms with E-state index in [9.17, 15) is 5.11 Å². The summed E-state index contributed by atoms with van der Waals surface area (Å²) in [5.74, 6) is 2.38. The van der Waals surface area contributed by atoms with E-state index in [4.69, 9.17) is 9.47 Å². The highest BCUT2D eigenvalue weighted by Gasteiger charge is 2.49. The summed E-state index contributed by atoms with van der Waals surface area (Å²) in [6.45, 7) is 9.04. The van der Waals surface area contributed by atoms with E-state index in [-0.39, 0.29) is 5.41 Å². The molecule has 2 atom stereocenters. The highest BCUT2D eigenvalue weighted by atomic mass is 16.5. The number of hydrogen-bond donors (Lipinski definition) is 1. The molecule has 3 nitrogen and oxygen atoms in total. The van der Waals surface area contributed by atoms with Gasteiger partial charge in [-0.15, -0.1) is 0 Å². The van der Waals surface area contributed by atoms with Crippen LogP contribution < -0.4 is 9.47 Å². The highest BCUT2D eigenvalue weighted by Crippen LogP contribution is 2.53. The standard InChI is InChI=1S/C22H34O3/c1-14(2)16-12-15-8-9-18-21(3,4)10-7-11-22(18,23)13-17(15)20(25-6)19(16)24-5/h12,14,18,23H,7-11,13H2,1-6H3/t18-,22-/m0/s1. The second-order valence-corrected chi connectivity index (χ2v) is 9.04. The molecule has 25 heavy (non-hydrogen) atoms. The zero-order chi connectivity index (χ0) is 18.4. The lowest BCUT2D eigenvalue weighted by Crippen LogP contribution is -2.50. The van der Waals surface area contributed by atoms with E-state index >= 15 is 0 Å². The molecule has 1 N–H and O–H groups in total. The van der Waals surface area contributed by atoms with Crippen molar-refractivity contribution in [3.8, 4) is 11.5 Å². The zero-order valence-corrected chi connectivity index (χ0v) is 16.7. The second-order valence-electron chi connectivity index (χ2n) is 9.04. The highest BCUT2D eigenvalue weighted by molar-refractivity contribution is 5.57. The van der Waals surface area contributed by atoms with Crippen LogP contribution >= 0.6 is 0 Å². The number of aryl methyl sites for hydroxylation is 1. The first-order chi connectivity index (χ1) is 11.7. The van der Waals surface area contributed by atoms with Gasteiger partial charge in [0.2, 0.25) is 0 Å². The fraction of sp³-hybridized carbons (Fsp3) is 0.727. The first-order valence-corrected chi connectivity index (χ1v) is 9.72. The van der Waals surface area contributed by atoms with Crippen LogP contribution in [0.1, 0.15) is 76.0 Å². The Morgan fingerprint density at radius 2 is 1.80 bits per heavy atom. The molecule has 2 aliphatic rings. The van der Waals surface area contributed by atoms with Gasteiger partial charge in [-0.25, -0.2) is 0 Å². The van der Waals surface area contributed by atoms with Gasteiger partial charge in [-0.1, -0.05) is 40.2 Å². The van der Waals surface area contributed by atoms with Gasteiger partial charge in [-0.3, -0.25) is 0 Å². The molecular weight excluding hydrogens is 312 g/mol. The fourth-order valence-electron chi connectivity index (χ4n) is 5.43. The third-order valence-electron chi connectivity index (χ3n) is 6.70. The second kappa shape index (κ2) is 6.50. The van der Waals surface area contributed by atoms with Crippen LogP contribution in [0.4, 0.5) is 0 Å². The van der Waals surface area contributed by atoms with Crippen molar-refractivity contribution in [2.45, 2.75) is 77.7 Å². The lowest BCUT2D eigenvalue weighted by atomic mass is 9.59. The molecule has 0 bridgehead atoms. The molecule has 1 fully saturated rings. The molecule has 0 saturated heterocycles. The van der Waals surface area contributed by atoms with Crippen molar-refractivity contribution in [1.82, 2.24) is 0 Å². The average molecular weight is 347 g/mol. The van der Waals surface area contributed by atoms with Gasteiger partial charge in [0.1, 0.15) is 0 Å². The minimum atomic E-state index is -0.634. The van der Waals surface area contributed by atoms with Crippen molar-refractivity contribution in [3.05, 3.63) is 22.8 Å². The van der Waals surface area contributed by atoms with Crippen molar-refractivity contribution in [2.24, 2.45) is 11.3 Å². The van der Waals surface area contributed by atoms with E-state index in [1.54, 1.807) is 14.2 Å². The van der Waals surface area contributed by atoms with E-state index < -0.39 is 5.60 Å².